The van der Waals surface area contributed by atoms with Crippen LogP contribution in [0, 0.1) is 17.1 Å². The molecular formula is C17H16FNO. The SMILES string of the molecule is CCC(C)c1ccccc1Oc1cc(F)cc(C#N)c1. The van der Waals surface area contributed by atoms with Crippen LogP contribution in [0.4, 0.5) is 4.39 Å². The minimum Gasteiger partial charge on any atom is -0.457 e. The molecule has 0 N–H and O–H groups in total. The van der Waals surface area contributed by atoms with Gasteiger partial charge in [-0.25, -0.2) is 4.39 Å². The number of rotatable bonds is 4. The van der Waals surface area contributed by atoms with Gasteiger partial charge in [-0.2, -0.15) is 5.26 Å². The molecule has 0 heterocycles. The molecule has 0 saturated carbocycles. The van der Waals surface area contributed by atoms with Gasteiger partial charge >= 0.3 is 0 Å². The highest BCUT2D eigenvalue weighted by Crippen LogP contribution is 2.32. The van der Waals surface area contributed by atoms with Crippen molar-refractivity contribution < 1.29 is 9.13 Å². The molecule has 102 valence electrons. The minimum absolute atomic E-state index is 0.251. The second-order valence-electron chi connectivity index (χ2n) is 4.74. The average molecular weight is 269 g/mol. The summed E-state index contributed by atoms with van der Waals surface area (Å²) in [7, 11) is 0. The summed E-state index contributed by atoms with van der Waals surface area (Å²) in [6, 6.07) is 13.6. The van der Waals surface area contributed by atoms with Crippen LogP contribution in [0.5, 0.6) is 11.5 Å². The van der Waals surface area contributed by atoms with Gasteiger partial charge in [0.15, 0.2) is 0 Å². The van der Waals surface area contributed by atoms with Crippen LogP contribution < -0.4 is 4.74 Å². The van der Waals surface area contributed by atoms with Crippen LogP contribution in [0.1, 0.15) is 37.3 Å². The van der Waals surface area contributed by atoms with Crippen LogP contribution in [0.3, 0.4) is 0 Å². The van der Waals surface area contributed by atoms with Crippen LogP contribution in [-0.4, -0.2) is 0 Å². The van der Waals surface area contributed by atoms with Gasteiger partial charge in [0.05, 0.1) is 11.6 Å². The van der Waals surface area contributed by atoms with E-state index >= 15 is 0 Å². The van der Waals surface area contributed by atoms with Crippen molar-refractivity contribution in [1.82, 2.24) is 0 Å². The molecule has 1 atom stereocenters. The summed E-state index contributed by atoms with van der Waals surface area (Å²) < 4.78 is 19.2. The van der Waals surface area contributed by atoms with Gasteiger partial charge in [-0.3, -0.25) is 0 Å². The molecule has 0 bridgehead atoms. The normalized spacial score (nSPS) is 11.7. The molecule has 2 rings (SSSR count). The molecule has 2 aromatic rings. The molecule has 0 aliphatic heterocycles. The zero-order chi connectivity index (χ0) is 14.5. The predicted octanol–water partition coefficient (Wildman–Crippen LogP) is 5.00. The van der Waals surface area contributed by atoms with E-state index in [1.807, 2.05) is 30.3 Å². The van der Waals surface area contributed by atoms with Gasteiger partial charge in [0, 0.05) is 6.07 Å². The fraction of sp³-hybridized carbons (Fsp3) is 0.235. The summed E-state index contributed by atoms with van der Waals surface area (Å²) in [6.07, 6.45) is 0.993. The first-order valence-electron chi connectivity index (χ1n) is 6.61. The highest BCUT2D eigenvalue weighted by molar-refractivity contribution is 5.43. The van der Waals surface area contributed by atoms with E-state index in [-0.39, 0.29) is 5.56 Å². The summed E-state index contributed by atoms with van der Waals surface area (Å²) in [5, 5.41) is 8.86. The lowest BCUT2D eigenvalue weighted by Gasteiger charge is -2.15. The van der Waals surface area contributed by atoms with E-state index in [2.05, 4.69) is 13.8 Å². The number of hydrogen-bond acceptors (Lipinski definition) is 2. The Hall–Kier alpha value is -2.34. The molecule has 3 heteroatoms. The Balaban J connectivity index is 2.35. The summed E-state index contributed by atoms with van der Waals surface area (Å²) in [5.41, 5.74) is 1.33. The lowest BCUT2D eigenvalue weighted by molar-refractivity contribution is 0.465. The Morgan fingerprint density at radius 1 is 1.25 bits per heavy atom. The zero-order valence-electron chi connectivity index (χ0n) is 11.6. The predicted molar refractivity (Wildman–Crippen MR) is 76.3 cm³/mol. The molecule has 2 aromatic carbocycles. The van der Waals surface area contributed by atoms with E-state index in [1.54, 1.807) is 0 Å². The third-order valence-corrected chi connectivity index (χ3v) is 3.29. The molecule has 0 aliphatic rings. The number of halogens is 1. The molecule has 20 heavy (non-hydrogen) atoms. The number of ether oxygens (including phenoxy) is 1. The highest BCUT2D eigenvalue weighted by atomic mass is 19.1. The monoisotopic (exact) mass is 269 g/mol. The van der Waals surface area contributed by atoms with Crippen LogP contribution in [0.25, 0.3) is 0 Å². The van der Waals surface area contributed by atoms with Crippen molar-refractivity contribution in [1.29, 1.82) is 5.26 Å². The Morgan fingerprint density at radius 2 is 2.00 bits per heavy atom. The maximum Gasteiger partial charge on any atom is 0.131 e. The summed E-state index contributed by atoms with van der Waals surface area (Å²) in [5.74, 6) is 0.934. The Morgan fingerprint density at radius 3 is 2.70 bits per heavy atom. The fourth-order valence-corrected chi connectivity index (χ4v) is 2.01. The van der Waals surface area contributed by atoms with Gasteiger partial charge in [0.1, 0.15) is 17.3 Å². The smallest absolute Gasteiger partial charge is 0.131 e. The topological polar surface area (TPSA) is 33.0 Å². The quantitative estimate of drug-likeness (QED) is 0.782. The molecular weight excluding hydrogens is 253 g/mol. The van der Waals surface area contributed by atoms with Crippen molar-refractivity contribution in [2.24, 2.45) is 0 Å². The number of para-hydroxylation sites is 1. The van der Waals surface area contributed by atoms with Crippen molar-refractivity contribution in [3.63, 3.8) is 0 Å². The highest BCUT2D eigenvalue weighted by Gasteiger charge is 2.11. The van der Waals surface area contributed by atoms with Crippen molar-refractivity contribution in [2.45, 2.75) is 26.2 Å². The summed E-state index contributed by atoms with van der Waals surface area (Å²) >= 11 is 0. The molecule has 2 nitrogen and oxygen atoms in total. The van der Waals surface area contributed by atoms with Crippen LogP contribution >= 0.6 is 0 Å². The van der Waals surface area contributed by atoms with Gasteiger partial charge in [0.2, 0.25) is 0 Å². The lowest BCUT2D eigenvalue weighted by Crippen LogP contribution is -1.96. The van der Waals surface area contributed by atoms with Crippen molar-refractivity contribution in [3.05, 3.63) is 59.4 Å². The van der Waals surface area contributed by atoms with E-state index in [0.29, 0.717) is 17.4 Å². The van der Waals surface area contributed by atoms with Gasteiger partial charge < -0.3 is 4.74 Å². The van der Waals surface area contributed by atoms with Gasteiger partial charge in [0.25, 0.3) is 0 Å². The first-order valence-corrected chi connectivity index (χ1v) is 6.61. The molecule has 0 aliphatic carbocycles. The van der Waals surface area contributed by atoms with Crippen LogP contribution in [0.15, 0.2) is 42.5 Å². The first-order chi connectivity index (χ1) is 9.63. The van der Waals surface area contributed by atoms with Crippen molar-refractivity contribution in [2.75, 3.05) is 0 Å². The third kappa shape index (κ3) is 3.16. The van der Waals surface area contributed by atoms with Gasteiger partial charge in [-0.1, -0.05) is 32.0 Å². The number of nitriles is 1. The molecule has 0 radical (unpaired) electrons. The van der Waals surface area contributed by atoms with Crippen molar-refractivity contribution in [3.8, 4) is 17.6 Å². The summed E-state index contributed by atoms with van der Waals surface area (Å²) in [4.78, 5) is 0. The van der Waals surface area contributed by atoms with E-state index in [9.17, 15) is 4.39 Å². The van der Waals surface area contributed by atoms with Gasteiger partial charge in [-0.05, 0) is 36.1 Å². The molecule has 0 saturated heterocycles. The second kappa shape index (κ2) is 6.21. The van der Waals surface area contributed by atoms with Crippen molar-refractivity contribution >= 4 is 0 Å². The lowest BCUT2D eigenvalue weighted by atomic mass is 9.98. The Kier molecular flexibility index (Phi) is 4.37. The number of hydrogen-bond donors (Lipinski definition) is 0. The zero-order valence-corrected chi connectivity index (χ0v) is 11.6. The second-order valence-corrected chi connectivity index (χ2v) is 4.74. The van der Waals surface area contributed by atoms with E-state index in [0.717, 1.165) is 12.0 Å². The largest absolute Gasteiger partial charge is 0.457 e. The molecule has 0 aromatic heterocycles. The van der Waals surface area contributed by atoms with E-state index in [4.69, 9.17) is 10.00 Å². The van der Waals surface area contributed by atoms with Crippen LogP contribution in [-0.2, 0) is 0 Å². The average Bonchev–Trinajstić information content (AvgIpc) is 2.46. The van der Waals surface area contributed by atoms with E-state index < -0.39 is 5.82 Å². The number of nitrogens with zero attached hydrogens (tertiary/aromatic N) is 1. The Labute approximate surface area is 118 Å². The maximum absolute atomic E-state index is 13.4. The summed E-state index contributed by atoms with van der Waals surface area (Å²) in [6.45, 7) is 4.23. The third-order valence-electron chi connectivity index (χ3n) is 3.29. The first kappa shape index (κ1) is 14.1. The fourth-order valence-electron chi connectivity index (χ4n) is 2.01. The number of benzene rings is 2. The van der Waals surface area contributed by atoms with Gasteiger partial charge in [-0.15, -0.1) is 0 Å². The molecule has 1 unspecified atom stereocenters. The van der Waals surface area contributed by atoms with E-state index in [1.165, 1.54) is 18.2 Å². The molecule has 0 spiro atoms. The molecule has 0 fully saturated rings. The standard InChI is InChI=1S/C17H16FNO/c1-3-12(2)16-6-4-5-7-17(16)20-15-9-13(11-19)8-14(18)10-15/h4-10,12H,3H2,1-2H3. The minimum atomic E-state index is -0.472. The van der Waals surface area contributed by atoms with Crippen LogP contribution in [0.2, 0.25) is 0 Å². The maximum atomic E-state index is 13.4. The molecule has 0 amide bonds. The Bertz CT molecular complexity index is 646.